The highest BCUT2D eigenvalue weighted by atomic mass is 127. The van der Waals surface area contributed by atoms with Crippen LogP contribution >= 0.6 is 56.5 Å². The van der Waals surface area contributed by atoms with Crippen LogP contribution < -0.4 is 19.6 Å². The Labute approximate surface area is 303 Å². The van der Waals surface area contributed by atoms with Gasteiger partial charge in [0.05, 0.1) is 40.5 Å². The number of aromatic nitrogens is 1. The molecular formula is C35H33I2N3O6S. The summed E-state index contributed by atoms with van der Waals surface area (Å²) in [6.45, 7) is 8.53. The number of hydrogen-bond acceptors (Lipinski definition) is 8. The van der Waals surface area contributed by atoms with E-state index in [9.17, 15) is 19.7 Å². The summed E-state index contributed by atoms with van der Waals surface area (Å²) in [6, 6.07) is 17.6. The number of carbonyl (C=O) groups excluding carboxylic acids is 1. The molecule has 0 aliphatic carbocycles. The molecule has 0 spiro atoms. The van der Waals surface area contributed by atoms with Gasteiger partial charge in [-0.2, -0.15) is 0 Å². The highest BCUT2D eigenvalue weighted by molar-refractivity contribution is 14.1. The second kappa shape index (κ2) is 15.2. The van der Waals surface area contributed by atoms with Gasteiger partial charge in [-0.3, -0.25) is 19.5 Å². The number of rotatable bonds is 11. The van der Waals surface area contributed by atoms with Crippen LogP contribution in [0.1, 0.15) is 74.8 Å². The van der Waals surface area contributed by atoms with Crippen molar-refractivity contribution in [1.82, 2.24) is 4.57 Å². The molecule has 5 rings (SSSR count). The molecule has 9 nitrogen and oxygen atoms in total. The van der Waals surface area contributed by atoms with E-state index >= 15 is 0 Å². The van der Waals surface area contributed by atoms with Crippen molar-refractivity contribution in [2.75, 3.05) is 6.61 Å². The maximum absolute atomic E-state index is 14.2. The predicted octanol–water partition coefficient (Wildman–Crippen LogP) is 7.40. The molecule has 0 N–H and O–H groups in total. The fourth-order valence-corrected chi connectivity index (χ4v) is 8.47. The number of non-ortho nitro benzene ring substituents is 1. The monoisotopic (exact) mass is 877 g/mol. The van der Waals surface area contributed by atoms with Crippen molar-refractivity contribution in [2.24, 2.45) is 4.99 Å². The van der Waals surface area contributed by atoms with E-state index in [-0.39, 0.29) is 24.5 Å². The second-order valence-corrected chi connectivity index (χ2v) is 14.6. The summed E-state index contributed by atoms with van der Waals surface area (Å²) in [6.07, 6.45) is 3.21. The van der Waals surface area contributed by atoms with Crippen LogP contribution in [-0.2, 0) is 16.1 Å². The van der Waals surface area contributed by atoms with Crippen molar-refractivity contribution >= 4 is 74.3 Å². The number of ether oxygens (including phenoxy) is 2. The fraction of sp³-hybridized carbons (Fsp3) is 0.286. The van der Waals surface area contributed by atoms with Gasteiger partial charge in [0.2, 0.25) is 0 Å². The van der Waals surface area contributed by atoms with E-state index in [4.69, 9.17) is 14.5 Å². The number of thiazole rings is 1. The molecule has 12 heteroatoms. The zero-order valence-electron chi connectivity index (χ0n) is 26.3. The molecule has 0 saturated carbocycles. The van der Waals surface area contributed by atoms with Crippen molar-refractivity contribution in [3.05, 3.63) is 131 Å². The maximum Gasteiger partial charge on any atom is 0.338 e. The minimum Gasteiger partial charge on any atom is -0.487 e. The van der Waals surface area contributed by atoms with Gasteiger partial charge in [0, 0.05) is 12.1 Å². The molecule has 0 radical (unpaired) electrons. The Morgan fingerprint density at radius 3 is 2.32 bits per heavy atom. The molecule has 0 unspecified atom stereocenters. The van der Waals surface area contributed by atoms with Crippen LogP contribution in [0.2, 0.25) is 0 Å². The van der Waals surface area contributed by atoms with E-state index in [1.54, 1.807) is 23.6 Å². The normalized spacial score (nSPS) is 14.6. The molecule has 2 heterocycles. The van der Waals surface area contributed by atoms with Crippen molar-refractivity contribution in [2.45, 2.75) is 59.1 Å². The summed E-state index contributed by atoms with van der Waals surface area (Å²) < 4.78 is 15.4. The van der Waals surface area contributed by atoms with E-state index in [0.717, 1.165) is 30.3 Å². The Morgan fingerprint density at radius 1 is 1.09 bits per heavy atom. The zero-order chi connectivity index (χ0) is 33.8. The third kappa shape index (κ3) is 7.70. The number of carbonyl (C=O) groups is 1. The van der Waals surface area contributed by atoms with Gasteiger partial charge < -0.3 is 9.47 Å². The molecule has 47 heavy (non-hydrogen) atoms. The van der Waals surface area contributed by atoms with Crippen LogP contribution in [0.4, 0.5) is 5.69 Å². The quantitative estimate of drug-likeness (QED) is 0.0673. The maximum atomic E-state index is 14.2. The summed E-state index contributed by atoms with van der Waals surface area (Å²) in [7, 11) is 0. The van der Waals surface area contributed by atoms with Gasteiger partial charge in [-0.1, -0.05) is 62.8 Å². The smallest absolute Gasteiger partial charge is 0.338 e. The van der Waals surface area contributed by atoms with Crippen LogP contribution in [-0.4, -0.2) is 22.1 Å². The summed E-state index contributed by atoms with van der Waals surface area (Å²) in [5.41, 5.74) is 4.48. The molecule has 1 aromatic heterocycles. The van der Waals surface area contributed by atoms with E-state index in [2.05, 4.69) is 59.0 Å². The molecule has 0 bridgehead atoms. The average molecular weight is 878 g/mol. The van der Waals surface area contributed by atoms with Gasteiger partial charge in [0.1, 0.15) is 12.4 Å². The number of nitro groups is 1. The highest BCUT2D eigenvalue weighted by Crippen LogP contribution is 2.34. The summed E-state index contributed by atoms with van der Waals surface area (Å²) in [5.74, 6) is 0.572. The molecule has 3 aromatic carbocycles. The zero-order valence-corrected chi connectivity index (χ0v) is 31.4. The number of nitro benzene ring substituents is 1. The van der Waals surface area contributed by atoms with Crippen LogP contribution in [0.15, 0.2) is 81.7 Å². The lowest BCUT2D eigenvalue weighted by Crippen LogP contribution is -2.40. The standard InChI is InChI=1S/C35H33I2N3O6S/c1-5-7-28-30(34(42)45-6-2)31(24-12-10-23(11-13-24)20(3)4)39-33(41)29(47-35(39)38-28)18-22-16-26(36)32(27(37)17-22)46-19-21-8-14-25(15-9-21)40(43)44/h8-18,20,31H,5-7,19H2,1-4H3/b29-18-/t31-/m0/s1. The predicted molar refractivity (Wildman–Crippen MR) is 199 cm³/mol. The number of esters is 1. The molecule has 1 aliphatic heterocycles. The van der Waals surface area contributed by atoms with E-state index in [1.165, 1.54) is 29.0 Å². The number of fused-ring (bicyclic) bond motifs is 1. The minimum absolute atomic E-state index is 0.0293. The summed E-state index contributed by atoms with van der Waals surface area (Å²) >= 11 is 5.72. The molecule has 244 valence electrons. The third-order valence-electron chi connectivity index (χ3n) is 7.66. The summed E-state index contributed by atoms with van der Waals surface area (Å²) in [4.78, 5) is 43.6. The first-order valence-corrected chi connectivity index (χ1v) is 18.2. The number of halogens is 2. The molecule has 1 aliphatic rings. The number of nitrogens with zero attached hydrogens (tertiary/aromatic N) is 3. The van der Waals surface area contributed by atoms with Gasteiger partial charge >= 0.3 is 5.97 Å². The first kappa shape index (κ1) is 35.0. The van der Waals surface area contributed by atoms with Gasteiger partial charge in [-0.05, 0) is 117 Å². The number of allylic oxidation sites excluding steroid dienone is 1. The third-order valence-corrected chi connectivity index (χ3v) is 10.2. The van der Waals surface area contributed by atoms with Crippen LogP contribution in [0.25, 0.3) is 6.08 Å². The Hall–Kier alpha value is -3.37. The number of hydrogen-bond donors (Lipinski definition) is 0. The van der Waals surface area contributed by atoms with Crippen molar-refractivity contribution in [3.8, 4) is 5.75 Å². The molecule has 1 atom stereocenters. The topological polar surface area (TPSA) is 113 Å². The second-order valence-electron chi connectivity index (χ2n) is 11.3. The average Bonchev–Trinajstić information content (AvgIpc) is 3.34. The Balaban J connectivity index is 1.55. The Morgan fingerprint density at radius 2 is 1.74 bits per heavy atom. The number of benzene rings is 3. The molecule has 0 fully saturated rings. The first-order chi connectivity index (χ1) is 22.5. The van der Waals surface area contributed by atoms with Crippen molar-refractivity contribution in [3.63, 3.8) is 0 Å². The lowest BCUT2D eigenvalue weighted by atomic mass is 9.92. The van der Waals surface area contributed by atoms with Gasteiger partial charge in [-0.15, -0.1) is 0 Å². The lowest BCUT2D eigenvalue weighted by molar-refractivity contribution is -0.384. The SMILES string of the molecule is CCCC1=C(C(=O)OCC)[C@H](c2ccc(C(C)C)cc2)n2c(s/c(=C\c3cc(I)c(OCc4ccc([N+](=O)[O-])cc4)c(I)c3)c2=O)=N1. The van der Waals surface area contributed by atoms with Gasteiger partial charge in [0.15, 0.2) is 4.80 Å². The minimum atomic E-state index is -0.661. The van der Waals surface area contributed by atoms with Crippen LogP contribution in [0.5, 0.6) is 5.75 Å². The Bertz CT molecular complexity index is 2010. The Kier molecular flexibility index (Phi) is 11.3. The fourth-order valence-electron chi connectivity index (χ4n) is 5.32. The molecule has 0 amide bonds. The van der Waals surface area contributed by atoms with E-state index < -0.39 is 16.9 Å². The van der Waals surface area contributed by atoms with Crippen molar-refractivity contribution < 1.29 is 19.2 Å². The van der Waals surface area contributed by atoms with Gasteiger partial charge in [0.25, 0.3) is 11.2 Å². The van der Waals surface area contributed by atoms with Crippen LogP contribution in [0.3, 0.4) is 0 Å². The lowest BCUT2D eigenvalue weighted by Gasteiger charge is -2.26. The largest absolute Gasteiger partial charge is 0.487 e. The van der Waals surface area contributed by atoms with E-state index in [0.29, 0.717) is 38.7 Å². The molecule has 0 saturated heterocycles. The summed E-state index contributed by atoms with van der Waals surface area (Å²) in [5, 5.41) is 11.0. The first-order valence-electron chi connectivity index (χ1n) is 15.2. The highest BCUT2D eigenvalue weighted by Gasteiger charge is 2.34. The van der Waals surface area contributed by atoms with E-state index in [1.807, 2.05) is 49.4 Å². The van der Waals surface area contributed by atoms with Crippen LogP contribution in [0, 0.1) is 17.3 Å². The van der Waals surface area contributed by atoms with Gasteiger partial charge in [-0.25, -0.2) is 9.79 Å². The molecule has 4 aromatic rings. The van der Waals surface area contributed by atoms with Crippen molar-refractivity contribution in [1.29, 1.82) is 0 Å². The molecular weight excluding hydrogens is 844 g/mol.